The van der Waals surface area contributed by atoms with E-state index in [1.54, 1.807) is 0 Å². The topological polar surface area (TPSA) is 66.5 Å². The molecule has 1 heterocycles. The Morgan fingerprint density at radius 1 is 1.00 bits per heavy atom. The van der Waals surface area contributed by atoms with E-state index in [0.29, 0.717) is 11.8 Å². The van der Waals surface area contributed by atoms with Crippen LogP contribution in [0.5, 0.6) is 0 Å². The molecule has 1 N–H and O–H groups in total. The van der Waals surface area contributed by atoms with Gasteiger partial charge in [0.2, 0.25) is 5.91 Å². The van der Waals surface area contributed by atoms with Crippen molar-refractivity contribution in [1.29, 1.82) is 0 Å². The molecule has 0 unspecified atom stereocenters. The summed E-state index contributed by atoms with van der Waals surface area (Å²) >= 11 is 0. The van der Waals surface area contributed by atoms with Crippen LogP contribution in [0, 0.1) is 35.5 Å². The van der Waals surface area contributed by atoms with Gasteiger partial charge >= 0.3 is 0 Å². The molecule has 0 spiro atoms. The lowest BCUT2D eigenvalue weighted by atomic mass is 9.63. The van der Waals surface area contributed by atoms with Crippen molar-refractivity contribution in [2.75, 3.05) is 0 Å². The van der Waals surface area contributed by atoms with E-state index in [-0.39, 0.29) is 47.8 Å². The van der Waals surface area contributed by atoms with Crippen LogP contribution in [0.2, 0.25) is 0 Å². The van der Waals surface area contributed by atoms with Crippen LogP contribution in [0.15, 0.2) is 42.5 Å². The zero-order valence-corrected chi connectivity index (χ0v) is 13.1. The maximum absolute atomic E-state index is 12.7. The average Bonchev–Trinajstić information content (AvgIpc) is 3.37. The monoisotopic (exact) mass is 322 g/mol. The predicted octanol–water partition coefficient (Wildman–Crippen LogP) is 1.31. The first-order chi connectivity index (χ1) is 11.6. The zero-order valence-electron chi connectivity index (χ0n) is 13.1. The maximum Gasteiger partial charge on any atom is 0.252 e. The molecule has 2 saturated carbocycles. The molecule has 1 aliphatic heterocycles. The van der Waals surface area contributed by atoms with Gasteiger partial charge in [0.05, 0.1) is 18.3 Å². The smallest absolute Gasteiger partial charge is 0.252 e. The number of nitrogens with zero attached hydrogens (tertiary/aromatic N) is 1. The lowest BCUT2D eigenvalue weighted by molar-refractivity contribution is -0.149. The predicted molar refractivity (Wildman–Crippen MR) is 84.8 cm³/mol. The summed E-state index contributed by atoms with van der Waals surface area (Å²) in [6.07, 6.45) is 5.54. The summed E-state index contributed by atoms with van der Waals surface area (Å²) < 4.78 is 0. The van der Waals surface area contributed by atoms with Gasteiger partial charge in [-0.3, -0.25) is 19.8 Å². The highest BCUT2D eigenvalue weighted by molar-refractivity contribution is 6.07. The van der Waals surface area contributed by atoms with Crippen LogP contribution in [0.25, 0.3) is 0 Å². The van der Waals surface area contributed by atoms with Crippen LogP contribution in [0.1, 0.15) is 12.0 Å². The lowest BCUT2D eigenvalue weighted by Crippen LogP contribution is -2.47. The van der Waals surface area contributed by atoms with Gasteiger partial charge in [0.1, 0.15) is 0 Å². The van der Waals surface area contributed by atoms with Gasteiger partial charge in [-0.25, -0.2) is 0 Å². The molecule has 3 fully saturated rings. The Bertz CT molecular complexity index is 736. The molecule has 0 aromatic heterocycles. The number of hydrogen-bond donors (Lipinski definition) is 1. The van der Waals surface area contributed by atoms with Gasteiger partial charge in [0, 0.05) is 0 Å². The second-order valence-corrected chi connectivity index (χ2v) is 7.36. The van der Waals surface area contributed by atoms with E-state index in [1.807, 2.05) is 30.3 Å². The highest BCUT2D eigenvalue weighted by atomic mass is 16.2. The molecule has 0 radical (unpaired) electrons. The Labute approximate surface area is 139 Å². The summed E-state index contributed by atoms with van der Waals surface area (Å²) in [4.78, 5) is 37.7. The number of hydrogen-bond acceptors (Lipinski definition) is 3. The lowest BCUT2D eigenvalue weighted by Gasteiger charge is -2.37. The van der Waals surface area contributed by atoms with E-state index in [2.05, 4.69) is 17.6 Å². The molecule has 5 nitrogen and oxygen atoms in total. The highest BCUT2D eigenvalue weighted by Gasteiger charge is 2.67. The molecule has 2 bridgehead atoms. The van der Waals surface area contributed by atoms with Crippen molar-refractivity contribution in [3.8, 4) is 0 Å². The Morgan fingerprint density at radius 2 is 1.58 bits per heavy atom. The zero-order chi connectivity index (χ0) is 16.4. The minimum absolute atomic E-state index is 0.156. The van der Waals surface area contributed by atoms with Crippen LogP contribution in [-0.2, 0) is 20.8 Å². The number of amides is 3. The van der Waals surface area contributed by atoms with Gasteiger partial charge in [0.25, 0.3) is 11.8 Å². The third-order valence-corrected chi connectivity index (χ3v) is 6.11. The average molecular weight is 322 g/mol. The van der Waals surface area contributed by atoms with E-state index in [4.69, 9.17) is 0 Å². The van der Waals surface area contributed by atoms with Crippen molar-refractivity contribution in [2.45, 2.75) is 12.8 Å². The molecule has 1 aromatic carbocycles. The van der Waals surface area contributed by atoms with Gasteiger partial charge in [0.15, 0.2) is 0 Å². The van der Waals surface area contributed by atoms with Crippen LogP contribution < -0.4 is 5.43 Å². The number of carbonyl (C=O) groups excluding carboxylic acids is 3. The molecule has 24 heavy (non-hydrogen) atoms. The number of benzene rings is 1. The molecule has 3 amide bonds. The fourth-order valence-corrected chi connectivity index (χ4v) is 5.01. The molecular formula is C19H18N2O3. The van der Waals surface area contributed by atoms with Crippen LogP contribution in [0.3, 0.4) is 0 Å². The summed E-state index contributed by atoms with van der Waals surface area (Å²) in [5.41, 5.74) is 3.41. The summed E-state index contributed by atoms with van der Waals surface area (Å²) in [5.74, 6) is 0.173. The number of carbonyl (C=O) groups is 3. The van der Waals surface area contributed by atoms with E-state index in [0.717, 1.165) is 17.0 Å². The van der Waals surface area contributed by atoms with Gasteiger partial charge in [-0.1, -0.05) is 42.5 Å². The van der Waals surface area contributed by atoms with Gasteiger partial charge in [-0.05, 0) is 35.7 Å². The number of hydrazine groups is 1. The second-order valence-electron chi connectivity index (χ2n) is 7.36. The van der Waals surface area contributed by atoms with Crippen molar-refractivity contribution < 1.29 is 14.4 Å². The normalized spacial score (nSPS) is 38.1. The van der Waals surface area contributed by atoms with E-state index < -0.39 is 0 Å². The molecule has 122 valence electrons. The van der Waals surface area contributed by atoms with Crippen molar-refractivity contribution >= 4 is 17.7 Å². The number of allylic oxidation sites excluding steroid dienone is 2. The van der Waals surface area contributed by atoms with Crippen molar-refractivity contribution in [3.05, 3.63) is 48.0 Å². The maximum atomic E-state index is 12.7. The molecule has 4 aliphatic carbocycles. The molecule has 6 atom stereocenters. The minimum atomic E-state index is -0.327. The van der Waals surface area contributed by atoms with E-state index in [1.165, 1.54) is 0 Å². The van der Waals surface area contributed by atoms with Crippen molar-refractivity contribution in [1.82, 2.24) is 10.4 Å². The molecule has 1 saturated heterocycles. The highest BCUT2D eigenvalue weighted by Crippen LogP contribution is 2.65. The molecular weight excluding hydrogens is 304 g/mol. The molecule has 5 heteroatoms. The summed E-state index contributed by atoms with van der Waals surface area (Å²) in [6.45, 7) is 0. The Kier molecular flexibility index (Phi) is 2.78. The second kappa shape index (κ2) is 4.79. The number of imide groups is 1. The third-order valence-electron chi connectivity index (χ3n) is 6.11. The summed E-state index contributed by atoms with van der Waals surface area (Å²) in [6, 6.07) is 9.31. The number of rotatable bonds is 3. The Morgan fingerprint density at radius 3 is 2.17 bits per heavy atom. The fraction of sp³-hybridized carbons (Fsp3) is 0.421. The third kappa shape index (κ3) is 1.84. The largest absolute Gasteiger partial charge is 0.273 e. The first kappa shape index (κ1) is 14.0. The van der Waals surface area contributed by atoms with E-state index >= 15 is 0 Å². The van der Waals surface area contributed by atoms with Gasteiger partial charge in [-0.2, -0.15) is 5.01 Å². The van der Waals surface area contributed by atoms with Gasteiger partial charge in [-0.15, -0.1) is 0 Å². The number of nitrogens with one attached hydrogen (secondary N) is 1. The molecule has 6 rings (SSSR count). The van der Waals surface area contributed by atoms with Gasteiger partial charge < -0.3 is 0 Å². The fourth-order valence-electron chi connectivity index (χ4n) is 5.01. The van der Waals surface area contributed by atoms with E-state index in [9.17, 15) is 14.4 Å². The molecule has 1 aromatic rings. The first-order valence-electron chi connectivity index (χ1n) is 8.54. The first-order valence-corrected chi connectivity index (χ1v) is 8.54. The van der Waals surface area contributed by atoms with Crippen LogP contribution in [-0.4, -0.2) is 22.7 Å². The Hall–Kier alpha value is -2.43. The van der Waals surface area contributed by atoms with Crippen LogP contribution >= 0.6 is 0 Å². The standard InChI is InChI=1S/C19H18N2O3/c22-15(8-10-4-2-1-3-5-10)20-21-18(23)16-11-6-7-12(14-9-13(11)14)17(16)19(21)24/h1-7,11-14,16-17H,8-9H2,(H,20,22)/t11-,12-,13-,14+,16+,17+/m1/s1. The van der Waals surface area contributed by atoms with Crippen molar-refractivity contribution in [3.63, 3.8) is 0 Å². The van der Waals surface area contributed by atoms with Crippen molar-refractivity contribution in [2.24, 2.45) is 35.5 Å². The molecule has 5 aliphatic rings. The quantitative estimate of drug-likeness (QED) is 0.674. The summed E-state index contributed by atoms with van der Waals surface area (Å²) in [5, 5.41) is 0.998. The Balaban J connectivity index is 1.34. The van der Waals surface area contributed by atoms with Crippen LogP contribution in [0.4, 0.5) is 0 Å². The summed E-state index contributed by atoms with van der Waals surface area (Å²) in [7, 11) is 0. The minimum Gasteiger partial charge on any atom is -0.273 e. The SMILES string of the molecule is O=C(Cc1ccccc1)NN1C(=O)[C@H]2[C@@H]3C=C[C@H]([C@@H]4C[C@H]34)[C@@H]2C1=O.